The normalized spacial score (nSPS) is 22.6. The number of hydrogen-bond donors (Lipinski definition) is 2. The number of piperidine rings is 1. The number of rotatable bonds is 4. The van der Waals surface area contributed by atoms with Crippen LogP contribution >= 0.6 is 12.2 Å². The molecule has 0 saturated carbocycles. The average molecular weight is 258 g/mol. The maximum absolute atomic E-state index is 12.3. The van der Waals surface area contributed by atoms with Crippen molar-refractivity contribution in [3.8, 4) is 0 Å². The lowest BCUT2D eigenvalue weighted by molar-refractivity contribution is -0.136. The molecule has 0 aromatic rings. The summed E-state index contributed by atoms with van der Waals surface area (Å²) < 4.78 is 0. The van der Waals surface area contributed by atoms with Crippen LogP contribution in [0.1, 0.15) is 26.7 Å². The van der Waals surface area contributed by atoms with Gasteiger partial charge in [-0.15, -0.1) is 0 Å². The van der Waals surface area contributed by atoms with Crippen LogP contribution in [0.3, 0.4) is 0 Å². The Balaban J connectivity index is 2.70. The standard InChI is InChI=1S/C12H22N2O2S/c1-8(2)10(11(13)17)12(16)14-5-3-4-9(6-14)7-15/h8-10,15H,3-7H2,1-2H3,(H2,13,17). The summed E-state index contributed by atoms with van der Waals surface area (Å²) in [5, 5.41) is 9.16. The topological polar surface area (TPSA) is 66.6 Å². The summed E-state index contributed by atoms with van der Waals surface area (Å²) in [4.78, 5) is 14.4. The number of nitrogens with zero attached hydrogens (tertiary/aromatic N) is 1. The molecular weight excluding hydrogens is 236 g/mol. The van der Waals surface area contributed by atoms with E-state index >= 15 is 0 Å². The summed E-state index contributed by atoms with van der Waals surface area (Å²) in [5.74, 6) is -0.0329. The molecular formula is C12H22N2O2S. The first-order valence-electron chi connectivity index (χ1n) is 6.16. The molecule has 3 N–H and O–H groups in total. The Morgan fingerprint density at radius 1 is 1.59 bits per heavy atom. The second-order valence-corrected chi connectivity index (χ2v) is 5.57. The third kappa shape index (κ3) is 3.64. The molecule has 1 aliphatic rings. The van der Waals surface area contributed by atoms with Gasteiger partial charge in [-0.3, -0.25) is 4.79 Å². The molecule has 1 saturated heterocycles. The van der Waals surface area contributed by atoms with Crippen molar-refractivity contribution in [3.05, 3.63) is 0 Å². The predicted octanol–water partition coefficient (Wildman–Crippen LogP) is 0.776. The molecule has 17 heavy (non-hydrogen) atoms. The highest BCUT2D eigenvalue weighted by atomic mass is 32.1. The second-order valence-electron chi connectivity index (χ2n) is 5.10. The van der Waals surface area contributed by atoms with E-state index < -0.39 is 0 Å². The Kier molecular flexibility index (Phi) is 5.33. The zero-order valence-electron chi connectivity index (χ0n) is 10.6. The fourth-order valence-electron chi connectivity index (χ4n) is 2.35. The lowest BCUT2D eigenvalue weighted by Gasteiger charge is -2.35. The smallest absolute Gasteiger partial charge is 0.232 e. The van der Waals surface area contributed by atoms with Crippen LogP contribution in [0.2, 0.25) is 0 Å². The Hall–Kier alpha value is -0.680. The van der Waals surface area contributed by atoms with E-state index in [1.165, 1.54) is 0 Å². The van der Waals surface area contributed by atoms with E-state index in [1.807, 2.05) is 13.8 Å². The number of nitrogens with two attached hydrogens (primary N) is 1. The number of hydrogen-bond acceptors (Lipinski definition) is 3. The summed E-state index contributed by atoms with van der Waals surface area (Å²) in [6, 6.07) is 0. The van der Waals surface area contributed by atoms with Crippen LogP contribution in [0.5, 0.6) is 0 Å². The molecule has 0 spiro atoms. The Labute approximate surface area is 108 Å². The van der Waals surface area contributed by atoms with Crippen molar-refractivity contribution in [1.82, 2.24) is 4.90 Å². The molecule has 0 radical (unpaired) electrons. The third-order valence-electron chi connectivity index (χ3n) is 3.33. The minimum absolute atomic E-state index is 0.0191. The maximum atomic E-state index is 12.3. The van der Waals surface area contributed by atoms with Gasteiger partial charge in [0.2, 0.25) is 5.91 Å². The van der Waals surface area contributed by atoms with Crippen LogP contribution in [0.15, 0.2) is 0 Å². The van der Waals surface area contributed by atoms with Crippen LogP contribution in [-0.2, 0) is 4.79 Å². The molecule has 0 aromatic heterocycles. The number of aliphatic hydroxyl groups is 1. The van der Waals surface area contributed by atoms with Crippen molar-refractivity contribution in [2.45, 2.75) is 26.7 Å². The number of likely N-dealkylation sites (tertiary alicyclic amines) is 1. The van der Waals surface area contributed by atoms with E-state index in [2.05, 4.69) is 0 Å². The second kappa shape index (κ2) is 6.31. The van der Waals surface area contributed by atoms with E-state index in [0.717, 1.165) is 19.4 Å². The molecule has 2 atom stereocenters. The molecule has 1 amide bonds. The zero-order chi connectivity index (χ0) is 13.0. The van der Waals surface area contributed by atoms with Gasteiger partial charge in [-0.2, -0.15) is 0 Å². The van der Waals surface area contributed by atoms with Gasteiger partial charge in [0.15, 0.2) is 0 Å². The van der Waals surface area contributed by atoms with E-state index in [0.29, 0.717) is 6.54 Å². The summed E-state index contributed by atoms with van der Waals surface area (Å²) >= 11 is 4.98. The van der Waals surface area contributed by atoms with Gasteiger partial charge in [-0.05, 0) is 24.7 Å². The first-order chi connectivity index (χ1) is 7.97. The van der Waals surface area contributed by atoms with Crippen molar-refractivity contribution in [1.29, 1.82) is 0 Å². The van der Waals surface area contributed by atoms with Gasteiger partial charge < -0.3 is 15.7 Å². The van der Waals surface area contributed by atoms with Crippen LogP contribution < -0.4 is 5.73 Å². The average Bonchev–Trinajstić information content (AvgIpc) is 2.28. The van der Waals surface area contributed by atoms with E-state index in [9.17, 15) is 4.79 Å². The highest BCUT2D eigenvalue weighted by Gasteiger charge is 2.32. The van der Waals surface area contributed by atoms with Gasteiger partial charge in [0.25, 0.3) is 0 Å². The molecule has 1 aliphatic heterocycles. The zero-order valence-corrected chi connectivity index (χ0v) is 11.4. The quantitative estimate of drug-likeness (QED) is 0.731. The highest BCUT2D eigenvalue weighted by Crippen LogP contribution is 2.21. The summed E-state index contributed by atoms with van der Waals surface area (Å²) in [6.07, 6.45) is 1.93. The molecule has 0 aliphatic carbocycles. The Morgan fingerprint density at radius 2 is 2.24 bits per heavy atom. The number of amides is 1. The first-order valence-corrected chi connectivity index (χ1v) is 6.57. The van der Waals surface area contributed by atoms with Gasteiger partial charge in [0.1, 0.15) is 0 Å². The minimum Gasteiger partial charge on any atom is -0.396 e. The van der Waals surface area contributed by atoms with Crippen LogP contribution in [0.4, 0.5) is 0 Å². The molecule has 4 nitrogen and oxygen atoms in total. The van der Waals surface area contributed by atoms with Crippen molar-refractivity contribution in [2.24, 2.45) is 23.5 Å². The van der Waals surface area contributed by atoms with Gasteiger partial charge in [0.05, 0.1) is 10.9 Å². The van der Waals surface area contributed by atoms with Crippen molar-refractivity contribution in [2.75, 3.05) is 19.7 Å². The van der Waals surface area contributed by atoms with Crippen LogP contribution in [-0.4, -0.2) is 40.6 Å². The van der Waals surface area contributed by atoms with Gasteiger partial charge in [-0.1, -0.05) is 26.1 Å². The maximum Gasteiger partial charge on any atom is 0.232 e. The SMILES string of the molecule is CC(C)C(C(=O)N1CCCC(CO)C1)C(N)=S. The summed E-state index contributed by atoms with van der Waals surface area (Å²) in [6.45, 7) is 5.43. The number of aliphatic hydroxyl groups excluding tert-OH is 1. The molecule has 1 rings (SSSR count). The number of carbonyl (C=O) groups excluding carboxylic acids is 1. The number of thiocarbonyl (C=S) groups is 1. The summed E-state index contributed by atoms with van der Waals surface area (Å²) in [7, 11) is 0. The number of carbonyl (C=O) groups is 1. The van der Waals surface area contributed by atoms with Crippen LogP contribution in [0.25, 0.3) is 0 Å². The summed E-state index contributed by atoms with van der Waals surface area (Å²) in [5.41, 5.74) is 5.65. The monoisotopic (exact) mass is 258 g/mol. The Morgan fingerprint density at radius 3 is 2.71 bits per heavy atom. The molecule has 98 valence electrons. The fraction of sp³-hybridized carbons (Fsp3) is 0.833. The molecule has 1 fully saturated rings. The van der Waals surface area contributed by atoms with Gasteiger partial charge in [0, 0.05) is 19.7 Å². The molecule has 0 aromatic carbocycles. The largest absolute Gasteiger partial charge is 0.396 e. The highest BCUT2D eigenvalue weighted by molar-refractivity contribution is 7.80. The lowest BCUT2D eigenvalue weighted by atomic mass is 9.92. The predicted molar refractivity (Wildman–Crippen MR) is 71.5 cm³/mol. The van der Waals surface area contributed by atoms with E-state index in [-0.39, 0.29) is 35.3 Å². The van der Waals surface area contributed by atoms with Crippen molar-refractivity contribution in [3.63, 3.8) is 0 Å². The van der Waals surface area contributed by atoms with Crippen molar-refractivity contribution < 1.29 is 9.90 Å². The van der Waals surface area contributed by atoms with E-state index in [1.54, 1.807) is 4.90 Å². The molecule has 2 unspecified atom stereocenters. The molecule has 0 bridgehead atoms. The Bertz CT molecular complexity index is 294. The third-order valence-corrected chi connectivity index (χ3v) is 3.58. The van der Waals surface area contributed by atoms with Gasteiger partial charge in [-0.25, -0.2) is 0 Å². The van der Waals surface area contributed by atoms with Crippen LogP contribution in [0, 0.1) is 17.8 Å². The lowest BCUT2D eigenvalue weighted by Crippen LogP contribution is -2.48. The van der Waals surface area contributed by atoms with Gasteiger partial charge >= 0.3 is 0 Å². The van der Waals surface area contributed by atoms with Crippen molar-refractivity contribution >= 4 is 23.1 Å². The molecule has 1 heterocycles. The minimum atomic E-state index is -0.373. The first kappa shape index (κ1) is 14.4. The molecule has 5 heteroatoms. The van der Waals surface area contributed by atoms with E-state index in [4.69, 9.17) is 23.1 Å². The fourth-order valence-corrected chi connectivity index (χ4v) is 2.72.